The van der Waals surface area contributed by atoms with Crippen LogP contribution in [0.15, 0.2) is 41.1 Å². The van der Waals surface area contributed by atoms with Gasteiger partial charge in [0.05, 0.1) is 16.3 Å². The number of rotatable bonds is 6. The van der Waals surface area contributed by atoms with Crippen molar-refractivity contribution < 1.29 is 14.4 Å². The van der Waals surface area contributed by atoms with Gasteiger partial charge in [0, 0.05) is 25.0 Å². The zero-order valence-electron chi connectivity index (χ0n) is 15.9. The Bertz CT molecular complexity index is 1150. The van der Waals surface area contributed by atoms with Crippen molar-refractivity contribution in [2.75, 3.05) is 17.7 Å². The molecular formula is C19H16BrClN6O3. The van der Waals surface area contributed by atoms with Gasteiger partial charge in [-0.15, -0.1) is 0 Å². The van der Waals surface area contributed by atoms with E-state index >= 15 is 0 Å². The van der Waals surface area contributed by atoms with E-state index in [4.69, 9.17) is 11.6 Å². The maximum Gasteiger partial charge on any atom is 0.274 e. The van der Waals surface area contributed by atoms with E-state index in [1.165, 1.54) is 30.1 Å². The van der Waals surface area contributed by atoms with Crippen molar-refractivity contribution in [3.8, 4) is 5.82 Å². The number of pyridine rings is 1. The monoisotopic (exact) mass is 490 g/mol. The smallest absolute Gasteiger partial charge is 0.274 e. The highest BCUT2D eigenvalue weighted by molar-refractivity contribution is 9.10. The summed E-state index contributed by atoms with van der Waals surface area (Å²) in [5.74, 6) is -0.673. The minimum absolute atomic E-state index is 0.153. The SMILES string of the molecule is CNC(=O)c1cc(NC=O)cc(C)c1NC(=O)c1cc(Br)nn1-c1ncccc1Cl. The second kappa shape index (κ2) is 9.06. The fourth-order valence-electron chi connectivity index (χ4n) is 2.80. The molecule has 3 aromatic rings. The molecule has 3 rings (SSSR count). The first-order valence-electron chi connectivity index (χ1n) is 8.60. The van der Waals surface area contributed by atoms with E-state index in [1.807, 2.05) is 0 Å². The van der Waals surface area contributed by atoms with Crippen LogP contribution in [0.3, 0.4) is 0 Å². The minimum atomic E-state index is -0.528. The van der Waals surface area contributed by atoms with Gasteiger partial charge >= 0.3 is 0 Å². The Morgan fingerprint density at radius 2 is 2.00 bits per heavy atom. The molecule has 0 aliphatic carbocycles. The summed E-state index contributed by atoms with van der Waals surface area (Å²) in [4.78, 5) is 40.4. The van der Waals surface area contributed by atoms with Gasteiger partial charge in [0.2, 0.25) is 6.41 Å². The van der Waals surface area contributed by atoms with Gasteiger partial charge in [-0.25, -0.2) is 9.67 Å². The molecule has 3 amide bonds. The largest absolute Gasteiger partial charge is 0.355 e. The number of aromatic nitrogens is 3. The molecule has 154 valence electrons. The standard InChI is InChI=1S/C19H16BrClN6O3/c1-10-6-11(24-9-28)7-12(18(29)22-2)16(10)25-19(30)14-8-15(20)26-27(14)17-13(21)4-3-5-23-17/h3-9H,1-2H3,(H,22,29)(H,24,28)(H,25,30). The van der Waals surface area contributed by atoms with Crippen molar-refractivity contribution in [3.63, 3.8) is 0 Å². The van der Waals surface area contributed by atoms with Crippen molar-refractivity contribution in [1.82, 2.24) is 20.1 Å². The number of halogens is 2. The lowest BCUT2D eigenvalue weighted by Crippen LogP contribution is -2.24. The predicted molar refractivity (Wildman–Crippen MR) is 116 cm³/mol. The van der Waals surface area contributed by atoms with E-state index < -0.39 is 11.8 Å². The van der Waals surface area contributed by atoms with E-state index in [0.29, 0.717) is 33.0 Å². The number of hydrogen-bond acceptors (Lipinski definition) is 5. The molecule has 0 aliphatic heterocycles. The first-order chi connectivity index (χ1) is 14.3. The second-order valence-corrected chi connectivity index (χ2v) is 7.30. The second-order valence-electron chi connectivity index (χ2n) is 6.08. The third kappa shape index (κ3) is 4.34. The molecule has 9 nitrogen and oxygen atoms in total. The number of aryl methyl sites for hydroxylation is 1. The maximum absolute atomic E-state index is 13.1. The number of nitrogens with zero attached hydrogens (tertiary/aromatic N) is 3. The first kappa shape index (κ1) is 21.5. The van der Waals surface area contributed by atoms with Gasteiger partial charge in [-0.2, -0.15) is 5.10 Å². The number of carbonyl (C=O) groups excluding carboxylic acids is 3. The topological polar surface area (TPSA) is 118 Å². The Morgan fingerprint density at radius 3 is 2.67 bits per heavy atom. The van der Waals surface area contributed by atoms with Gasteiger partial charge in [-0.1, -0.05) is 11.6 Å². The zero-order valence-corrected chi connectivity index (χ0v) is 18.2. The molecule has 0 unspecified atom stereocenters. The lowest BCUT2D eigenvalue weighted by molar-refractivity contribution is -0.105. The molecule has 0 saturated heterocycles. The third-order valence-corrected chi connectivity index (χ3v) is 4.81. The van der Waals surface area contributed by atoms with Crippen LogP contribution in [-0.4, -0.2) is 40.0 Å². The summed E-state index contributed by atoms with van der Waals surface area (Å²) < 4.78 is 1.71. The lowest BCUT2D eigenvalue weighted by atomic mass is 10.1. The Hall–Kier alpha value is -3.24. The number of benzene rings is 1. The summed E-state index contributed by atoms with van der Waals surface area (Å²) in [5.41, 5.74) is 1.64. The molecule has 0 aliphatic rings. The Kier molecular flexibility index (Phi) is 6.48. The van der Waals surface area contributed by atoms with Crippen LogP contribution in [0, 0.1) is 6.92 Å². The molecule has 0 atom stereocenters. The van der Waals surface area contributed by atoms with Crippen LogP contribution in [0.5, 0.6) is 0 Å². The molecule has 30 heavy (non-hydrogen) atoms. The van der Waals surface area contributed by atoms with Crippen molar-refractivity contribution in [2.45, 2.75) is 6.92 Å². The Morgan fingerprint density at radius 1 is 1.23 bits per heavy atom. The molecule has 11 heteroatoms. The number of amides is 3. The van der Waals surface area contributed by atoms with Crippen molar-refractivity contribution in [3.05, 3.63) is 63.0 Å². The third-order valence-electron chi connectivity index (χ3n) is 4.12. The normalized spacial score (nSPS) is 10.4. The summed E-state index contributed by atoms with van der Waals surface area (Å²) in [7, 11) is 1.47. The maximum atomic E-state index is 13.1. The van der Waals surface area contributed by atoms with E-state index in [0.717, 1.165) is 0 Å². The number of anilines is 2. The minimum Gasteiger partial charge on any atom is -0.355 e. The van der Waals surface area contributed by atoms with Gasteiger partial charge in [0.1, 0.15) is 10.3 Å². The lowest BCUT2D eigenvalue weighted by Gasteiger charge is -2.15. The van der Waals surface area contributed by atoms with Gasteiger partial charge in [0.25, 0.3) is 11.8 Å². The molecular weight excluding hydrogens is 476 g/mol. The fraction of sp³-hybridized carbons (Fsp3) is 0.105. The number of nitrogens with one attached hydrogen (secondary N) is 3. The van der Waals surface area contributed by atoms with Crippen LogP contribution >= 0.6 is 27.5 Å². The van der Waals surface area contributed by atoms with Gasteiger partial charge < -0.3 is 16.0 Å². The summed E-state index contributed by atoms with van der Waals surface area (Å²) >= 11 is 9.46. The predicted octanol–water partition coefficient (Wildman–Crippen LogP) is 3.17. The average Bonchev–Trinajstić information content (AvgIpc) is 3.11. The molecule has 3 N–H and O–H groups in total. The molecule has 1 aromatic carbocycles. The molecule has 2 aromatic heterocycles. The van der Waals surface area contributed by atoms with Gasteiger partial charge in [0.15, 0.2) is 5.82 Å². The molecule has 0 spiro atoms. The summed E-state index contributed by atoms with van der Waals surface area (Å²) in [5, 5.41) is 12.3. The van der Waals surface area contributed by atoms with Gasteiger partial charge in [-0.05, 0) is 52.7 Å². The van der Waals surface area contributed by atoms with Crippen molar-refractivity contribution >= 4 is 57.1 Å². The number of hydrogen-bond donors (Lipinski definition) is 3. The van der Waals surface area contributed by atoms with E-state index in [2.05, 4.69) is 42.0 Å². The Balaban J connectivity index is 2.04. The quantitative estimate of drug-likeness (QED) is 0.458. The van der Waals surface area contributed by atoms with E-state index in [-0.39, 0.29) is 17.1 Å². The molecule has 0 fully saturated rings. The van der Waals surface area contributed by atoms with E-state index in [9.17, 15) is 14.4 Å². The Labute approximate surface area is 185 Å². The fourth-order valence-corrected chi connectivity index (χ4v) is 3.38. The highest BCUT2D eigenvalue weighted by atomic mass is 79.9. The van der Waals surface area contributed by atoms with Crippen LogP contribution in [0.4, 0.5) is 11.4 Å². The summed E-state index contributed by atoms with van der Waals surface area (Å²) in [6.45, 7) is 1.71. The van der Waals surface area contributed by atoms with Crippen LogP contribution in [-0.2, 0) is 4.79 Å². The summed E-state index contributed by atoms with van der Waals surface area (Å²) in [6, 6.07) is 7.92. The van der Waals surface area contributed by atoms with Crippen molar-refractivity contribution in [1.29, 1.82) is 0 Å². The number of carbonyl (C=O) groups is 3. The van der Waals surface area contributed by atoms with Crippen LogP contribution < -0.4 is 16.0 Å². The molecule has 2 heterocycles. The summed E-state index contributed by atoms with van der Waals surface area (Å²) in [6.07, 6.45) is 2.04. The molecule has 0 radical (unpaired) electrons. The molecule has 0 bridgehead atoms. The zero-order chi connectivity index (χ0) is 21.8. The molecule has 0 saturated carbocycles. The first-order valence-corrected chi connectivity index (χ1v) is 9.77. The van der Waals surface area contributed by atoms with E-state index in [1.54, 1.807) is 25.1 Å². The highest BCUT2D eigenvalue weighted by Crippen LogP contribution is 2.27. The average molecular weight is 492 g/mol. The van der Waals surface area contributed by atoms with Crippen LogP contribution in [0.1, 0.15) is 26.4 Å². The van der Waals surface area contributed by atoms with Crippen molar-refractivity contribution in [2.24, 2.45) is 0 Å². The highest BCUT2D eigenvalue weighted by Gasteiger charge is 2.22. The van der Waals surface area contributed by atoms with Crippen LogP contribution in [0.25, 0.3) is 5.82 Å². The van der Waals surface area contributed by atoms with Crippen LogP contribution in [0.2, 0.25) is 5.02 Å². The van der Waals surface area contributed by atoms with Gasteiger partial charge in [-0.3, -0.25) is 14.4 Å².